The number of hydrogen-bond donors (Lipinski definition) is 2. The maximum absolute atomic E-state index is 12.6. The minimum atomic E-state index is -0.767. The molecule has 9 nitrogen and oxygen atoms in total. The summed E-state index contributed by atoms with van der Waals surface area (Å²) >= 11 is 1.36. The molecule has 184 valence electrons. The van der Waals surface area contributed by atoms with Crippen LogP contribution in [0.2, 0.25) is 0 Å². The van der Waals surface area contributed by atoms with Crippen LogP contribution in [-0.2, 0) is 31.8 Å². The molecular weight excluding hydrogens is 460 g/mol. The molecule has 2 heterocycles. The van der Waals surface area contributed by atoms with Crippen molar-refractivity contribution in [2.75, 3.05) is 25.1 Å². The second-order valence-corrected chi connectivity index (χ2v) is 9.35. The number of H-pyrrole nitrogens is 1. The number of rotatable bonds is 8. The predicted molar refractivity (Wildman–Crippen MR) is 127 cm³/mol. The van der Waals surface area contributed by atoms with Crippen molar-refractivity contribution in [2.24, 2.45) is 5.92 Å². The third-order valence-electron chi connectivity index (χ3n) is 5.70. The SMILES string of the molecule is CCOC(=O)c1c(C)[nH]c(C(=O)OCC(=O)Nc2sc3c(c2C(=O)OCC)CCC(C)C3)c1C. The Morgan fingerprint density at radius 3 is 2.29 bits per heavy atom. The van der Waals surface area contributed by atoms with E-state index >= 15 is 0 Å². The zero-order valence-corrected chi connectivity index (χ0v) is 20.9. The second-order valence-electron chi connectivity index (χ2n) is 8.25. The predicted octanol–water partition coefficient (Wildman–Crippen LogP) is 3.97. The summed E-state index contributed by atoms with van der Waals surface area (Å²) in [4.78, 5) is 53.8. The number of carbonyl (C=O) groups is 4. The lowest BCUT2D eigenvalue weighted by Gasteiger charge is -2.18. The smallest absolute Gasteiger partial charge is 0.355 e. The van der Waals surface area contributed by atoms with Crippen LogP contribution in [0.1, 0.15) is 80.1 Å². The number of anilines is 1. The molecule has 0 fully saturated rings. The molecule has 0 saturated carbocycles. The average molecular weight is 491 g/mol. The fourth-order valence-electron chi connectivity index (χ4n) is 4.09. The highest BCUT2D eigenvalue weighted by molar-refractivity contribution is 7.17. The molecule has 0 aliphatic heterocycles. The van der Waals surface area contributed by atoms with E-state index < -0.39 is 30.4 Å². The van der Waals surface area contributed by atoms with Crippen molar-refractivity contribution in [3.63, 3.8) is 0 Å². The largest absolute Gasteiger partial charge is 0.462 e. The Morgan fingerprint density at radius 1 is 1.00 bits per heavy atom. The summed E-state index contributed by atoms with van der Waals surface area (Å²) in [6.07, 6.45) is 2.55. The molecule has 0 radical (unpaired) electrons. The van der Waals surface area contributed by atoms with Gasteiger partial charge in [0.15, 0.2) is 6.61 Å². The number of aromatic amines is 1. The van der Waals surface area contributed by atoms with Gasteiger partial charge in [-0.2, -0.15) is 0 Å². The van der Waals surface area contributed by atoms with E-state index in [1.807, 2.05) is 0 Å². The minimum absolute atomic E-state index is 0.0844. The lowest BCUT2D eigenvalue weighted by molar-refractivity contribution is -0.119. The molecule has 34 heavy (non-hydrogen) atoms. The molecular formula is C24H30N2O7S. The van der Waals surface area contributed by atoms with Crippen LogP contribution in [0.4, 0.5) is 5.00 Å². The summed E-state index contributed by atoms with van der Waals surface area (Å²) in [6, 6.07) is 0. The number of ether oxygens (including phenoxy) is 3. The molecule has 1 aliphatic rings. The molecule has 0 aromatic carbocycles. The van der Waals surface area contributed by atoms with E-state index in [4.69, 9.17) is 14.2 Å². The number of nitrogens with one attached hydrogen (secondary N) is 2. The maximum atomic E-state index is 12.6. The number of carbonyl (C=O) groups excluding carboxylic acids is 4. The number of hydrogen-bond acceptors (Lipinski definition) is 8. The number of aryl methyl sites for hydroxylation is 1. The molecule has 0 bridgehead atoms. The standard InChI is InChI=1S/C24H30N2O7S/c1-6-31-22(28)18-13(4)20(25-14(18)5)24(30)33-11-17(27)26-21-19(23(29)32-7-2)15-9-8-12(3)10-16(15)34-21/h12,25H,6-11H2,1-5H3,(H,26,27). The van der Waals surface area contributed by atoms with Gasteiger partial charge in [0.05, 0.1) is 24.3 Å². The van der Waals surface area contributed by atoms with Crippen LogP contribution >= 0.6 is 11.3 Å². The van der Waals surface area contributed by atoms with Gasteiger partial charge in [0.2, 0.25) is 0 Å². The third kappa shape index (κ3) is 5.32. The Morgan fingerprint density at radius 2 is 1.65 bits per heavy atom. The van der Waals surface area contributed by atoms with Crippen LogP contribution in [0, 0.1) is 19.8 Å². The van der Waals surface area contributed by atoms with Gasteiger partial charge in [-0.3, -0.25) is 4.79 Å². The van der Waals surface area contributed by atoms with Crippen molar-refractivity contribution in [3.05, 3.63) is 38.5 Å². The number of thiophene rings is 1. The number of fused-ring (bicyclic) bond motifs is 1. The zero-order valence-electron chi connectivity index (χ0n) is 20.1. The third-order valence-corrected chi connectivity index (χ3v) is 6.87. The fraction of sp³-hybridized carbons (Fsp3) is 0.500. The summed E-state index contributed by atoms with van der Waals surface area (Å²) in [5.41, 5.74) is 2.55. The first-order valence-corrected chi connectivity index (χ1v) is 12.1. The molecule has 1 aliphatic carbocycles. The molecule has 0 spiro atoms. The fourth-order valence-corrected chi connectivity index (χ4v) is 5.50. The quantitative estimate of drug-likeness (QED) is 0.424. The first kappa shape index (κ1) is 25.5. The average Bonchev–Trinajstić information content (AvgIpc) is 3.27. The van der Waals surface area contributed by atoms with E-state index in [0.717, 1.165) is 29.7 Å². The van der Waals surface area contributed by atoms with Crippen LogP contribution in [0.3, 0.4) is 0 Å². The van der Waals surface area contributed by atoms with Gasteiger partial charge in [-0.25, -0.2) is 14.4 Å². The molecule has 10 heteroatoms. The summed E-state index contributed by atoms with van der Waals surface area (Å²) in [6.45, 7) is 8.73. The van der Waals surface area contributed by atoms with Crippen LogP contribution < -0.4 is 5.32 Å². The van der Waals surface area contributed by atoms with E-state index in [1.54, 1.807) is 27.7 Å². The van der Waals surface area contributed by atoms with Gasteiger partial charge in [-0.05, 0) is 64.0 Å². The zero-order chi connectivity index (χ0) is 25.0. The van der Waals surface area contributed by atoms with E-state index in [0.29, 0.717) is 27.7 Å². The topological polar surface area (TPSA) is 124 Å². The molecule has 1 amide bonds. The molecule has 2 N–H and O–H groups in total. The molecule has 2 aromatic heterocycles. The van der Waals surface area contributed by atoms with Gasteiger partial charge in [0.25, 0.3) is 5.91 Å². The van der Waals surface area contributed by atoms with Crippen molar-refractivity contribution < 1.29 is 33.4 Å². The Kier molecular flexibility index (Phi) is 8.14. The highest BCUT2D eigenvalue weighted by atomic mass is 32.1. The second kappa shape index (κ2) is 10.9. The van der Waals surface area contributed by atoms with Crippen molar-refractivity contribution in [1.29, 1.82) is 0 Å². The number of amides is 1. The molecule has 3 rings (SSSR count). The van der Waals surface area contributed by atoms with Gasteiger partial charge in [0, 0.05) is 10.6 Å². The first-order chi connectivity index (χ1) is 16.2. The lowest BCUT2D eigenvalue weighted by atomic mass is 9.88. The summed E-state index contributed by atoms with van der Waals surface area (Å²) in [5.74, 6) is -1.84. The van der Waals surface area contributed by atoms with Gasteiger partial charge in [-0.15, -0.1) is 11.3 Å². The van der Waals surface area contributed by atoms with Crippen molar-refractivity contribution in [3.8, 4) is 0 Å². The summed E-state index contributed by atoms with van der Waals surface area (Å²) in [5, 5.41) is 3.12. The van der Waals surface area contributed by atoms with Gasteiger partial charge in [-0.1, -0.05) is 6.92 Å². The minimum Gasteiger partial charge on any atom is -0.462 e. The van der Waals surface area contributed by atoms with E-state index in [1.165, 1.54) is 11.3 Å². The van der Waals surface area contributed by atoms with Gasteiger partial charge < -0.3 is 24.5 Å². The maximum Gasteiger partial charge on any atom is 0.355 e. The Balaban J connectivity index is 1.71. The van der Waals surface area contributed by atoms with E-state index in [-0.39, 0.29) is 24.5 Å². The molecule has 1 atom stereocenters. The molecule has 0 saturated heterocycles. The van der Waals surface area contributed by atoms with Crippen molar-refractivity contribution in [1.82, 2.24) is 4.98 Å². The van der Waals surface area contributed by atoms with Crippen molar-refractivity contribution in [2.45, 2.75) is 53.9 Å². The molecule has 2 aromatic rings. The number of aromatic nitrogens is 1. The normalized spacial score (nSPS) is 14.8. The lowest BCUT2D eigenvalue weighted by Crippen LogP contribution is -2.22. The summed E-state index contributed by atoms with van der Waals surface area (Å²) in [7, 11) is 0. The monoisotopic (exact) mass is 490 g/mol. The van der Waals surface area contributed by atoms with E-state index in [9.17, 15) is 19.2 Å². The Hall–Kier alpha value is -3.14. The molecule has 1 unspecified atom stereocenters. The van der Waals surface area contributed by atoms with Gasteiger partial charge >= 0.3 is 17.9 Å². The Labute approximate surface area is 202 Å². The number of esters is 3. The van der Waals surface area contributed by atoms with Gasteiger partial charge in [0.1, 0.15) is 10.7 Å². The highest BCUT2D eigenvalue weighted by Crippen LogP contribution is 2.40. The van der Waals surface area contributed by atoms with Crippen LogP contribution in [0.5, 0.6) is 0 Å². The summed E-state index contributed by atoms with van der Waals surface area (Å²) < 4.78 is 15.4. The van der Waals surface area contributed by atoms with Crippen LogP contribution in [-0.4, -0.2) is 48.6 Å². The van der Waals surface area contributed by atoms with E-state index in [2.05, 4.69) is 17.2 Å². The van der Waals surface area contributed by atoms with Crippen LogP contribution in [0.25, 0.3) is 0 Å². The van der Waals surface area contributed by atoms with Crippen LogP contribution in [0.15, 0.2) is 0 Å². The van der Waals surface area contributed by atoms with Crippen molar-refractivity contribution >= 4 is 40.2 Å². The Bertz CT molecular complexity index is 1120. The first-order valence-electron chi connectivity index (χ1n) is 11.3. The highest BCUT2D eigenvalue weighted by Gasteiger charge is 2.29.